The van der Waals surface area contributed by atoms with Gasteiger partial charge in [-0.2, -0.15) is 0 Å². The van der Waals surface area contributed by atoms with E-state index in [-0.39, 0.29) is 18.6 Å². The molecule has 5 heteroatoms. The first-order valence-electron chi connectivity index (χ1n) is 6.55. The summed E-state index contributed by atoms with van der Waals surface area (Å²) in [5.74, 6) is 5.49. The maximum Gasteiger partial charge on any atom is 0.269 e. The number of amides is 1. The number of carbonyl (C=O) groups is 1. The van der Waals surface area contributed by atoms with Gasteiger partial charge in [-0.3, -0.25) is 4.79 Å². The molecule has 0 bridgehead atoms. The number of nitrogens with one attached hydrogen (secondary N) is 1. The van der Waals surface area contributed by atoms with E-state index in [4.69, 9.17) is 5.11 Å². The molecule has 0 spiro atoms. The van der Waals surface area contributed by atoms with Crippen LogP contribution >= 0.6 is 0 Å². The summed E-state index contributed by atoms with van der Waals surface area (Å²) in [5, 5.41) is 11.5. The third-order valence-electron chi connectivity index (χ3n) is 2.91. The van der Waals surface area contributed by atoms with Crippen molar-refractivity contribution in [3.63, 3.8) is 0 Å². The lowest BCUT2D eigenvalue weighted by Crippen LogP contribution is -2.38. The molecule has 1 atom stereocenters. The van der Waals surface area contributed by atoms with Gasteiger partial charge in [-0.05, 0) is 33.2 Å². The van der Waals surface area contributed by atoms with E-state index in [2.05, 4.69) is 22.1 Å². The molecule has 1 aromatic rings. The Labute approximate surface area is 120 Å². The van der Waals surface area contributed by atoms with Crippen LogP contribution in [-0.2, 0) is 0 Å². The summed E-state index contributed by atoms with van der Waals surface area (Å²) in [7, 11) is 3.93. The smallest absolute Gasteiger partial charge is 0.269 e. The van der Waals surface area contributed by atoms with E-state index in [1.165, 1.54) is 0 Å². The highest BCUT2D eigenvalue weighted by Gasteiger charge is 2.09. The van der Waals surface area contributed by atoms with Gasteiger partial charge in [-0.25, -0.2) is 4.98 Å². The minimum atomic E-state index is -0.187. The molecule has 0 aromatic carbocycles. The number of aliphatic hydroxyl groups excluding tert-OH is 1. The first-order valence-corrected chi connectivity index (χ1v) is 6.55. The van der Waals surface area contributed by atoms with Crippen LogP contribution in [0.5, 0.6) is 0 Å². The van der Waals surface area contributed by atoms with Crippen molar-refractivity contribution in [3.8, 4) is 11.8 Å². The van der Waals surface area contributed by atoms with E-state index in [1.807, 2.05) is 25.9 Å². The third-order valence-corrected chi connectivity index (χ3v) is 2.91. The Bertz CT molecular complexity index is 486. The summed E-state index contributed by atoms with van der Waals surface area (Å²) in [4.78, 5) is 18.0. The van der Waals surface area contributed by atoms with Crippen LogP contribution in [0.25, 0.3) is 0 Å². The van der Waals surface area contributed by atoms with Crippen molar-refractivity contribution < 1.29 is 9.90 Å². The fraction of sp³-hybridized carbons (Fsp3) is 0.467. The number of aromatic nitrogens is 1. The molecule has 1 aromatic heterocycles. The Morgan fingerprint density at radius 3 is 2.80 bits per heavy atom. The van der Waals surface area contributed by atoms with Crippen molar-refractivity contribution >= 4 is 5.91 Å². The molecule has 1 amide bonds. The maximum atomic E-state index is 11.9. The van der Waals surface area contributed by atoms with Gasteiger partial charge in [0.1, 0.15) is 5.69 Å². The predicted molar refractivity (Wildman–Crippen MR) is 78.3 cm³/mol. The molecule has 0 aliphatic rings. The number of hydrogen-bond donors (Lipinski definition) is 2. The molecule has 5 nitrogen and oxygen atoms in total. The normalized spacial score (nSPS) is 11.7. The fourth-order valence-corrected chi connectivity index (χ4v) is 1.34. The largest absolute Gasteiger partial charge is 0.395 e. The Morgan fingerprint density at radius 2 is 2.25 bits per heavy atom. The average Bonchev–Trinajstić information content (AvgIpc) is 2.45. The molecule has 0 aliphatic heterocycles. The third kappa shape index (κ3) is 5.39. The van der Waals surface area contributed by atoms with Crippen LogP contribution in [0.4, 0.5) is 0 Å². The number of likely N-dealkylation sites (N-methyl/N-ethyl adjacent to an activating group) is 1. The first kappa shape index (κ1) is 16.2. The van der Waals surface area contributed by atoms with E-state index < -0.39 is 0 Å². The first-order chi connectivity index (χ1) is 9.54. The van der Waals surface area contributed by atoms with Crippen molar-refractivity contribution in [1.82, 2.24) is 15.2 Å². The van der Waals surface area contributed by atoms with Crippen LogP contribution in [0.2, 0.25) is 0 Å². The number of hydrogen-bond acceptors (Lipinski definition) is 4. The zero-order valence-electron chi connectivity index (χ0n) is 12.2. The van der Waals surface area contributed by atoms with Gasteiger partial charge in [0, 0.05) is 30.8 Å². The second-order valence-electron chi connectivity index (χ2n) is 4.73. The summed E-state index contributed by atoms with van der Waals surface area (Å²) in [6, 6.07) is 3.67. The minimum absolute atomic E-state index is 0.0466. The Balaban J connectivity index is 2.56. The van der Waals surface area contributed by atoms with Crippen molar-refractivity contribution in [2.75, 3.05) is 27.2 Å². The molecule has 20 heavy (non-hydrogen) atoms. The molecule has 1 unspecified atom stereocenters. The van der Waals surface area contributed by atoms with Gasteiger partial charge in [0.15, 0.2) is 0 Å². The van der Waals surface area contributed by atoms with Crippen LogP contribution in [0, 0.1) is 11.8 Å². The van der Waals surface area contributed by atoms with Crippen molar-refractivity contribution in [3.05, 3.63) is 29.6 Å². The monoisotopic (exact) mass is 275 g/mol. The van der Waals surface area contributed by atoms with Crippen LogP contribution in [0.1, 0.15) is 29.4 Å². The van der Waals surface area contributed by atoms with E-state index in [1.54, 1.807) is 18.3 Å². The fourth-order valence-electron chi connectivity index (χ4n) is 1.34. The number of pyridine rings is 1. The molecule has 0 radical (unpaired) electrons. The van der Waals surface area contributed by atoms with Gasteiger partial charge >= 0.3 is 0 Å². The van der Waals surface area contributed by atoms with Crippen molar-refractivity contribution in [2.24, 2.45) is 0 Å². The second kappa shape index (κ2) is 8.31. The quantitative estimate of drug-likeness (QED) is 0.768. The Morgan fingerprint density at radius 1 is 1.50 bits per heavy atom. The average molecular weight is 275 g/mol. The summed E-state index contributed by atoms with van der Waals surface area (Å²) in [6.45, 7) is 2.66. The Hall–Kier alpha value is -1.90. The van der Waals surface area contributed by atoms with E-state index in [0.29, 0.717) is 18.7 Å². The van der Waals surface area contributed by atoms with Crippen molar-refractivity contribution in [2.45, 2.75) is 19.4 Å². The molecule has 0 saturated carbocycles. The molecule has 1 heterocycles. The van der Waals surface area contributed by atoms with Gasteiger partial charge in [0.05, 0.1) is 6.61 Å². The van der Waals surface area contributed by atoms with E-state index in [0.717, 1.165) is 5.56 Å². The highest BCUT2D eigenvalue weighted by molar-refractivity contribution is 5.92. The molecule has 108 valence electrons. The maximum absolute atomic E-state index is 11.9. The van der Waals surface area contributed by atoms with Gasteiger partial charge in [-0.1, -0.05) is 11.8 Å². The van der Waals surface area contributed by atoms with Crippen molar-refractivity contribution in [1.29, 1.82) is 0 Å². The summed E-state index contributed by atoms with van der Waals surface area (Å²) < 4.78 is 0. The number of carbonyl (C=O) groups excluding carboxylic acids is 1. The second-order valence-corrected chi connectivity index (χ2v) is 4.73. The zero-order chi connectivity index (χ0) is 15.0. The highest BCUT2D eigenvalue weighted by atomic mass is 16.2. The lowest BCUT2D eigenvalue weighted by molar-refractivity contribution is 0.0938. The molecular formula is C15H21N3O2. The SMILES string of the molecule is CC(CNC(=O)c1ccc(C#CCCO)cn1)N(C)C. The molecular weight excluding hydrogens is 254 g/mol. The molecule has 0 saturated heterocycles. The number of rotatable bonds is 5. The van der Waals surface area contributed by atoms with Gasteiger partial charge in [-0.15, -0.1) is 0 Å². The molecule has 2 N–H and O–H groups in total. The lowest BCUT2D eigenvalue weighted by Gasteiger charge is -2.19. The van der Waals surface area contributed by atoms with Gasteiger partial charge in [0.25, 0.3) is 5.91 Å². The summed E-state index contributed by atoms with van der Waals surface area (Å²) in [5.41, 5.74) is 1.11. The highest BCUT2D eigenvalue weighted by Crippen LogP contribution is 1.99. The number of nitrogens with zero attached hydrogens (tertiary/aromatic N) is 2. The van der Waals surface area contributed by atoms with Crippen LogP contribution < -0.4 is 5.32 Å². The lowest BCUT2D eigenvalue weighted by atomic mass is 10.2. The summed E-state index contributed by atoms with van der Waals surface area (Å²) >= 11 is 0. The minimum Gasteiger partial charge on any atom is -0.395 e. The van der Waals surface area contributed by atoms with Crippen LogP contribution in [0.3, 0.4) is 0 Å². The van der Waals surface area contributed by atoms with Gasteiger partial charge < -0.3 is 15.3 Å². The van der Waals surface area contributed by atoms with Crippen LogP contribution in [0.15, 0.2) is 18.3 Å². The number of aliphatic hydroxyl groups is 1. The van der Waals surface area contributed by atoms with Crippen LogP contribution in [-0.4, -0.2) is 54.2 Å². The Kier molecular flexibility index (Phi) is 6.71. The zero-order valence-corrected chi connectivity index (χ0v) is 12.2. The van der Waals surface area contributed by atoms with E-state index >= 15 is 0 Å². The molecule has 0 aliphatic carbocycles. The molecule has 1 rings (SSSR count). The van der Waals surface area contributed by atoms with E-state index in [9.17, 15) is 4.79 Å². The topological polar surface area (TPSA) is 65.5 Å². The standard InChI is InChI=1S/C15H21N3O2/c1-12(18(2)3)10-17-15(20)14-8-7-13(11-16-14)6-4-5-9-19/h7-8,11-12,19H,5,9-10H2,1-3H3,(H,17,20). The van der Waals surface area contributed by atoms with Gasteiger partial charge in [0.2, 0.25) is 0 Å². The predicted octanol–water partition coefficient (Wildman–Crippen LogP) is 0.495. The summed E-state index contributed by atoms with van der Waals surface area (Å²) in [6.07, 6.45) is 2.00. The molecule has 0 fully saturated rings.